The lowest BCUT2D eigenvalue weighted by Gasteiger charge is -2.29. The van der Waals surface area contributed by atoms with E-state index in [1.807, 2.05) is 37.4 Å². The number of nitrogens with one attached hydrogen (secondary N) is 1. The first-order valence-electron chi connectivity index (χ1n) is 8.70. The zero-order valence-corrected chi connectivity index (χ0v) is 15.5. The molecular formula is C19H21N5O3. The van der Waals surface area contributed by atoms with Crippen molar-refractivity contribution in [3.8, 4) is 11.5 Å². The summed E-state index contributed by atoms with van der Waals surface area (Å²) in [5, 5.41) is 7.23. The summed E-state index contributed by atoms with van der Waals surface area (Å²) in [6, 6.07) is 7.43. The molecule has 1 aliphatic rings. The molecule has 0 spiro atoms. The number of aromatic nitrogens is 3. The molecule has 0 aliphatic carbocycles. The van der Waals surface area contributed by atoms with E-state index < -0.39 is 0 Å². The molecule has 0 unspecified atom stereocenters. The highest BCUT2D eigenvalue weighted by molar-refractivity contribution is 5.93. The number of pyridine rings is 1. The predicted octanol–water partition coefficient (Wildman–Crippen LogP) is 2.65. The van der Waals surface area contributed by atoms with E-state index in [0.717, 1.165) is 12.0 Å². The highest BCUT2D eigenvalue weighted by atomic mass is 16.5. The van der Waals surface area contributed by atoms with Gasteiger partial charge in [-0.15, -0.1) is 0 Å². The van der Waals surface area contributed by atoms with Gasteiger partial charge >= 0.3 is 6.03 Å². The van der Waals surface area contributed by atoms with E-state index in [0.29, 0.717) is 41.7 Å². The van der Waals surface area contributed by atoms with Crippen LogP contribution < -0.4 is 14.8 Å². The maximum Gasteiger partial charge on any atom is 0.322 e. The zero-order valence-electron chi connectivity index (χ0n) is 15.5. The van der Waals surface area contributed by atoms with Crippen LogP contribution in [0.15, 0.2) is 30.5 Å². The number of anilines is 1. The van der Waals surface area contributed by atoms with Gasteiger partial charge in [0.25, 0.3) is 0 Å². The minimum Gasteiger partial charge on any atom is -0.493 e. The number of amides is 2. The Labute approximate surface area is 156 Å². The van der Waals surface area contributed by atoms with Gasteiger partial charge in [-0.1, -0.05) is 0 Å². The van der Waals surface area contributed by atoms with Crippen LogP contribution in [0.3, 0.4) is 0 Å². The van der Waals surface area contributed by atoms with Crippen molar-refractivity contribution in [1.29, 1.82) is 0 Å². The molecule has 8 heteroatoms. The van der Waals surface area contributed by atoms with Crippen molar-refractivity contribution in [2.45, 2.75) is 19.9 Å². The average Bonchev–Trinajstić information content (AvgIpc) is 3.07. The SMILES string of the molecule is COc1cc2c(cc1OC)CN(C(=O)Nc1cccn3nc(C)nc13)CC2. The molecule has 8 nitrogen and oxygen atoms in total. The molecule has 27 heavy (non-hydrogen) atoms. The Bertz CT molecular complexity index is 1010. The van der Waals surface area contributed by atoms with Crippen LogP contribution in [0.2, 0.25) is 0 Å². The van der Waals surface area contributed by atoms with Crippen molar-refractivity contribution in [3.05, 3.63) is 47.4 Å². The van der Waals surface area contributed by atoms with Crippen LogP contribution in [0.1, 0.15) is 17.0 Å². The molecule has 3 aromatic rings. The molecule has 0 bridgehead atoms. The molecule has 4 rings (SSSR count). The number of nitrogens with zero attached hydrogens (tertiary/aromatic N) is 4. The number of urea groups is 1. The first-order chi connectivity index (χ1) is 13.1. The Hall–Kier alpha value is -3.29. The van der Waals surface area contributed by atoms with Crippen molar-refractivity contribution in [2.75, 3.05) is 26.1 Å². The van der Waals surface area contributed by atoms with E-state index in [1.165, 1.54) is 5.56 Å². The number of rotatable bonds is 3. The largest absolute Gasteiger partial charge is 0.493 e. The van der Waals surface area contributed by atoms with Crippen LogP contribution in [0, 0.1) is 6.92 Å². The number of fused-ring (bicyclic) bond motifs is 2. The number of ether oxygens (including phenoxy) is 2. The average molecular weight is 367 g/mol. The first kappa shape index (κ1) is 17.1. The second kappa shape index (κ2) is 6.79. The predicted molar refractivity (Wildman–Crippen MR) is 100 cm³/mol. The molecule has 0 saturated heterocycles. The number of aryl methyl sites for hydroxylation is 1. The summed E-state index contributed by atoms with van der Waals surface area (Å²) in [5.41, 5.74) is 3.51. The van der Waals surface area contributed by atoms with E-state index in [-0.39, 0.29) is 6.03 Å². The summed E-state index contributed by atoms with van der Waals surface area (Å²) in [7, 11) is 3.23. The third-order valence-electron chi connectivity index (χ3n) is 4.72. The Morgan fingerprint density at radius 2 is 1.93 bits per heavy atom. The van der Waals surface area contributed by atoms with Gasteiger partial charge in [0.2, 0.25) is 0 Å². The Balaban J connectivity index is 1.55. The van der Waals surface area contributed by atoms with E-state index >= 15 is 0 Å². The lowest BCUT2D eigenvalue weighted by Crippen LogP contribution is -2.39. The van der Waals surface area contributed by atoms with Crippen LogP contribution in [-0.2, 0) is 13.0 Å². The van der Waals surface area contributed by atoms with Crippen LogP contribution in [0.25, 0.3) is 5.65 Å². The van der Waals surface area contributed by atoms with E-state index in [1.54, 1.807) is 23.6 Å². The van der Waals surface area contributed by atoms with Crippen LogP contribution >= 0.6 is 0 Å². The normalized spacial score (nSPS) is 13.4. The molecule has 1 aromatic carbocycles. The number of methoxy groups -OCH3 is 2. The molecule has 2 amide bonds. The second-order valence-corrected chi connectivity index (χ2v) is 6.43. The zero-order chi connectivity index (χ0) is 19.0. The summed E-state index contributed by atoms with van der Waals surface area (Å²) in [6.45, 7) is 2.96. The molecule has 3 heterocycles. The van der Waals surface area contributed by atoms with Gasteiger partial charge in [-0.05, 0) is 48.7 Å². The van der Waals surface area contributed by atoms with Gasteiger partial charge in [0.15, 0.2) is 17.1 Å². The molecule has 0 saturated carbocycles. The fourth-order valence-electron chi connectivity index (χ4n) is 3.36. The molecule has 140 valence electrons. The fraction of sp³-hybridized carbons (Fsp3) is 0.316. The first-order valence-corrected chi connectivity index (χ1v) is 8.70. The molecule has 1 aliphatic heterocycles. The quantitative estimate of drug-likeness (QED) is 0.770. The Morgan fingerprint density at radius 3 is 2.67 bits per heavy atom. The maximum atomic E-state index is 12.8. The van der Waals surface area contributed by atoms with Crippen LogP contribution in [0.4, 0.5) is 10.5 Å². The van der Waals surface area contributed by atoms with Crippen molar-refractivity contribution >= 4 is 17.4 Å². The van der Waals surface area contributed by atoms with E-state index in [9.17, 15) is 4.79 Å². The molecule has 0 fully saturated rings. The third-order valence-corrected chi connectivity index (χ3v) is 4.72. The number of hydrogen-bond acceptors (Lipinski definition) is 5. The van der Waals surface area contributed by atoms with E-state index in [4.69, 9.17) is 9.47 Å². The minimum absolute atomic E-state index is 0.163. The summed E-state index contributed by atoms with van der Waals surface area (Å²) >= 11 is 0. The van der Waals surface area contributed by atoms with Gasteiger partial charge in [0.05, 0.1) is 19.9 Å². The lowest BCUT2D eigenvalue weighted by atomic mass is 9.99. The number of carbonyl (C=O) groups excluding carboxylic acids is 1. The number of hydrogen-bond donors (Lipinski definition) is 1. The smallest absolute Gasteiger partial charge is 0.322 e. The summed E-state index contributed by atoms with van der Waals surface area (Å²) in [5.74, 6) is 2.04. The molecule has 1 N–H and O–H groups in total. The summed E-state index contributed by atoms with van der Waals surface area (Å²) in [4.78, 5) is 19.0. The van der Waals surface area contributed by atoms with Crippen LogP contribution in [-0.4, -0.2) is 46.3 Å². The second-order valence-electron chi connectivity index (χ2n) is 6.43. The molecule has 2 aromatic heterocycles. The molecule has 0 atom stereocenters. The maximum absolute atomic E-state index is 12.8. The van der Waals surface area contributed by atoms with Gasteiger partial charge in [0, 0.05) is 19.3 Å². The van der Waals surface area contributed by atoms with Crippen molar-refractivity contribution in [3.63, 3.8) is 0 Å². The monoisotopic (exact) mass is 367 g/mol. The lowest BCUT2D eigenvalue weighted by molar-refractivity contribution is 0.206. The minimum atomic E-state index is -0.163. The molecular weight excluding hydrogens is 346 g/mol. The summed E-state index contributed by atoms with van der Waals surface area (Å²) in [6.07, 6.45) is 2.57. The Morgan fingerprint density at radius 1 is 1.19 bits per heavy atom. The third kappa shape index (κ3) is 3.14. The van der Waals surface area contributed by atoms with Crippen LogP contribution in [0.5, 0.6) is 11.5 Å². The van der Waals surface area contributed by atoms with Gasteiger partial charge < -0.3 is 19.7 Å². The van der Waals surface area contributed by atoms with Gasteiger partial charge in [-0.25, -0.2) is 14.3 Å². The number of benzene rings is 1. The fourth-order valence-corrected chi connectivity index (χ4v) is 3.36. The van der Waals surface area contributed by atoms with Crippen molar-refractivity contribution < 1.29 is 14.3 Å². The number of carbonyl (C=O) groups is 1. The highest BCUT2D eigenvalue weighted by Crippen LogP contribution is 2.33. The summed E-state index contributed by atoms with van der Waals surface area (Å²) < 4.78 is 12.4. The van der Waals surface area contributed by atoms with Crippen molar-refractivity contribution in [2.24, 2.45) is 0 Å². The highest BCUT2D eigenvalue weighted by Gasteiger charge is 2.23. The topological polar surface area (TPSA) is 81.0 Å². The Kier molecular flexibility index (Phi) is 4.31. The molecule has 0 radical (unpaired) electrons. The van der Waals surface area contributed by atoms with Gasteiger partial charge in [-0.3, -0.25) is 0 Å². The van der Waals surface area contributed by atoms with Crippen molar-refractivity contribution in [1.82, 2.24) is 19.5 Å². The van der Waals surface area contributed by atoms with Gasteiger partial charge in [-0.2, -0.15) is 5.10 Å². The van der Waals surface area contributed by atoms with Gasteiger partial charge in [0.1, 0.15) is 5.82 Å². The van der Waals surface area contributed by atoms with E-state index in [2.05, 4.69) is 15.4 Å². The standard InChI is InChI=1S/C19H21N5O3/c1-12-20-18-15(5-4-7-24(18)22-12)21-19(25)23-8-6-13-9-16(26-2)17(27-3)10-14(13)11-23/h4-5,7,9-10H,6,8,11H2,1-3H3,(H,21,25).